The zero-order chi connectivity index (χ0) is 27.5. The minimum absolute atomic E-state index is 0.00615. The summed E-state index contributed by atoms with van der Waals surface area (Å²) in [5.41, 5.74) is 8.83. The molecule has 0 aliphatic carbocycles. The Morgan fingerprint density at radius 1 is 1.18 bits per heavy atom. The molecule has 0 atom stereocenters. The second-order valence-electron chi connectivity index (χ2n) is 9.34. The van der Waals surface area contributed by atoms with Gasteiger partial charge in [-0.2, -0.15) is 0 Å². The molecule has 0 bridgehead atoms. The average Bonchev–Trinajstić information content (AvgIpc) is 3.40. The predicted molar refractivity (Wildman–Crippen MR) is 146 cm³/mol. The number of anilines is 4. The van der Waals surface area contributed by atoms with Crippen molar-refractivity contribution >= 4 is 45.7 Å². The minimum atomic E-state index is -1.17. The quantitative estimate of drug-likeness (QED) is 0.246. The first-order chi connectivity index (χ1) is 18.9. The summed E-state index contributed by atoms with van der Waals surface area (Å²) in [4.78, 5) is 25.2. The van der Waals surface area contributed by atoms with Crippen LogP contribution in [0.15, 0.2) is 48.7 Å². The van der Waals surface area contributed by atoms with Crippen molar-refractivity contribution in [3.05, 3.63) is 71.4 Å². The standard InChI is InChI=1S/C28H29F2N7O2/c1-3-10-37-11-4-5-17(15-37)16-6-7-22(24(12-16)39-2)34-28-35-26-18(8-9-32-26)27(36-28)33-23-14-21(30)20(29)13-19(23)25(31)38/h5-9,12-14H,3-4,10-11,15H2,1-2H3,(H2,31,38)(H3,32,33,34,35,36)/p+1. The number of nitrogens with one attached hydrogen (secondary N) is 4. The Morgan fingerprint density at radius 3 is 2.77 bits per heavy atom. The van der Waals surface area contributed by atoms with Crippen LogP contribution in [0.3, 0.4) is 0 Å². The number of amides is 1. The summed E-state index contributed by atoms with van der Waals surface area (Å²) in [5, 5.41) is 6.80. The molecule has 5 rings (SSSR count). The molecule has 2 aromatic carbocycles. The van der Waals surface area contributed by atoms with Gasteiger partial charge in [0.15, 0.2) is 17.4 Å². The lowest BCUT2D eigenvalue weighted by molar-refractivity contribution is -0.333. The average molecular weight is 535 g/mol. The monoisotopic (exact) mass is 534 g/mol. The number of benzene rings is 2. The van der Waals surface area contributed by atoms with Crippen molar-refractivity contribution in [2.75, 3.05) is 37.4 Å². The molecule has 202 valence electrons. The number of H-pyrrole nitrogens is 2. The van der Waals surface area contributed by atoms with Gasteiger partial charge in [0.25, 0.3) is 5.91 Å². The first-order valence-electron chi connectivity index (χ1n) is 12.7. The van der Waals surface area contributed by atoms with Crippen LogP contribution >= 0.6 is 0 Å². The van der Waals surface area contributed by atoms with E-state index in [1.54, 1.807) is 19.4 Å². The van der Waals surface area contributed by atoms with Crippen LogP contribution < -0.4 is 26.1 Å². The highest BCUT2D eigenvalue weighted by Gasteiger charge is 2.21. The summed E-state index contributed by atoms with van der Waals surface area (Å²) < 4.78 is 33.5. The van der Waals surface area contributed by atoms with Crippen molar-refractivity contribution in [1.29, 1.82) is 0 Å². The van der Waals surface area contributed by atoms with Gasteiger partial charge < -0.3 is 15.8 Å². The van der Waals surface area contributed by atoms with Gasteiger partial charge in [-0.1, -0.05) is 24.1 Å². The van der Waals surface area contributed by atoms with Crippen LogP contribution in [0.1, 0.15) is 35.7 Å². The third-order valence-corrected chi connectivity index (χ3v) is 6.64. The van der Waals surface area contributed by atoms with E-state index in [1.807, 2.05) is 18.2 Å². The van der Waals surface area contributed by atoms with E-state index in [-0.39, 0.29) is 11.3 Å². The van der Waals surface area contributed by atoms with Crippen LogP contribution in [-0.4, -0.2) is 47.5 Å². The molecule has 1 aliphatic heterocycles. The molecule has 0 saturated heterocycles. The number of rotatable bonds is 9. The molecule has 0 radical (unpaired) electrons. The molecule has 6 N–H and O–H groups in total. The fraction of sp³-hybridized carbons (Fsp3) is 0.250. The molecule has 1 aliphatic rings. The number of halogens is 2. The second kappa shape index (κ2) is 11.1. The van der Waals surface area contributed by atoms with Crippen molar-refractivity contribution in [3.63, 3.8) is 0 Å². The van der Waals surface area contributed by atoms with Gasteiger partial charge in [-0.25, -0.2) is 13.8 Å². The van der Waals surface area contributed by atoms with Gasteiger partial charge in [-0.15, -0.1) is 0 Å². The van der Waals surface area contributed by atoms with Crippen LogP contribution in [-0.2, 0) is 0 Å². The van der Waals surface area contributed by atoms with Gasteiger partial charge in [0.1, 0.15) is 5.69 Å². The summed E-state index contributed by atoms with van der Waals surface area (Å²) in [7, 11) is 1.61. The van der Waals surface area contributed by atoms with E-state index < -0.39 is 17.5 Å². The molecule has 3 heterocycles. The number of carbonyl (C=O) groups excluding carboxylic acids is 1. The number of aromatic amines is 2. The zero-order valence-corrected chi connectivity index (χ0v) is 21.7. The maximum atomic E-state index is 14.0. The number of hydrogen-bond acceptors (Lipinski definition) is 6. The van der Waals surface area contributed by atoms with Crippen LogP contribution in [0.25, 0.3) is 16.6 Å². The molecule has 4 aromatic rings. The van der Waals surface area contributed by atoms with Crippen molar-refractivity contribution in [1.82, 2.24) is 14.9 Å². The van der Waals surface area contributed by atoms with E-state index in [1.165, 1.54) is 5.57 Å². The van der Waals surface area contributed by atoms with Gasteiger partial charge in [0.05, 0.1) is 23.7 Å². The van der Waals surface area contributed by atoms with E-state index in [4.69, 9.17) is 10.5 Å². The zero-order valence-electron chi connectivity index (χ0n) is 21.7. The molecule has 2 aromatic heterocycles. The molecular weight excluding hydrogens is 504 g/mol. The lowest BCUT2D eigenvalue weighted by atomic mass is 10.00. The summed E-state index contributed by atoms with van der Waals surface area (Å²) in [6, 6.07) is 9.36. The molecular formula is C28H30F2N7O2+. The van der Waals surface area contributed by atoms with Crippen molar-refractivity contribution in [2.45, 2.75) is 19.8 Å². The maximum Gasteiger partial charge on any atom is 0.351 e. The lowest BCUT2D eigenvalue weighted by Gasteiger charge is -2.27. The van der Waals surface area contributed by atoms with Crippen LogP contribution in [0.2, 0.25) is 0 Å². The number of fused-ring (bicyclic) bond motifs is 1. The Kier molecular flexibility index (Phi) is 7.42. The van der Waals surface area contributed by atoms with Crippen LogP contribution in [0.4, 0.5) is 31.9 Å². The van der Waals surface area contributed by atoms with Gasteiger partial charge in [-0.3, -0.25) is 20.0 Å². The molecule has 0 fully saturated rings. The number of hydrogen-bond donors (Lipinski definition) is 4. The van der Waals surface area contributed by atoms with E-state index in [2.05, 4.69) is 43.5 Å². The smallest absolute Gasteiger partial charge is 0.351 e. The minimum Gasteiger partial charge on any atom is -0.493 e. The fourth-order valence-corrected chi connectivity index (χ4v) is 4.77. The topological polar surface area (TPSA) is 122 Å². The van der Waals surface area contributed by atoms with Gasteiger partial charge in [-0.05, 0) is 54.8 Å². The Hall–Kier alpha value is -4.51. The van der Waals surface area contributed by atoms with Gasteiger partial charge in [0.2, 0.25) is 11.5 Å². The van der Waals surface area contributed by atoms with E-state index in [9.17, 15) is 13.6 Å². The molecule has 11 heteroatoms. The highest BCUT2D eigenvalue weighted by atomic mass is 19.2. The summed E-state index contributed by atoms with van der Waals surface area (Å²) in [6.45, 7) is 5.22. The van der Waals surface area contributed by atoms with Crippen LogP contribution in [0, 0.1) is 11.6 Å². The number of aromatic nitrogens is 3. The Bertz CT molecular complexity index is 1570. The number of nitrogens with zero attached hydrogens (tertiary/aromatic N) is 2. The van der Waals surface area contributed by atoms with Crippen molar-refractivity contribution < 1.29 is 23.3 Å². The Labute approximate surface area is 224 Å². The SMILES string of the molecule is CCCN1CCC=C(c2ccc(Nc3nc(Nc4cc(F)c(F)cc4C(N)=O)c4cc[nH]c4[nH+]3)c(OC)c2)C1. The fourth-order valence-electron chi connectivity index (χ4n) is 4.77. The highest BCUT2D eigenvalue weighted by molar-refractivity contribution is 6.00. The van der Waals surface area contributed by atoms with Gasteiger partial charge in [0, 0.05) is 25.4 Å². The van der Waals surface area contributed by atoms with Crippen LogP contribution in [0.5, 0.6) is 5.75 Å². The summed E-state index contributed by atoms with van der Waals surface area (Å²) >= 11 is 0. The normalized spacial score (nSPS) is 13.8. The molecule has 0 unspecified atom stereocenters. The third-order valence-electron chi connectivity index (χ3n) is 6.64. The molecule has 39 heavy (non-hydrogen) atoms. The largest absolute Gasteiger partial charge is 0.493 e. The Morgan fingerprint density at radius 2 is 2.00 bits per heavy atom. The van der Waals surface area contributed by atoms with E-state index in [0.29, 0.717) is 34.2 Å². The first-order valence-corrected chi connectivity index (χ1v) is 12.7. The summed E-state index contributed by atoms with van der Waals surface area (Å²) in [6.07, 6.45) is 6.11. The predicted octanol–water partition coefficient (Wildman–Crippen LogP) is 4.75. The lowest BCUT2D eigenvalue weighted by Crippen LogP contribution is -2.30. The van der Waals surface area contributed by atoms with Crippen molar-refractivity contribution in [3.8, 4) is 5.75 Å². The van der Waals surface area contributed by atoms with E-state index in [0.717, 1.165) is 50.2 Å². The number of nitrogens with two attached hydrogens (primary N) is 1. The molecule has 0 spiro atoms. The number of carbonyl (C=O) groups is 1. The third kappa shape index (κ3) is 5.53. The highest BCUT2D eigenvalue weighted by Crippen LogP contribution is 2.33. The number of primary amides is 1. The molecule has 1 amide bonds. The second-order valence-corrected chi connectivity index (χ2v) is 9.34. The Balaban J connectivity index is 1.46. The number of methoxy groups -OCH3 is 1. The van der Waals surface area contributed by atoms with Crippen molar-refractivity contribution in [2.24, 2.45) is 5.73 Å². The molecule has 9 nitrogen and oxygen atoms in total. The summed E-state index contributed by atoms with van der Waals surface area (Å²) in [5.74, 6) is -1.93. The van der Waals surface area contributed by atoms with Gasteiger partial charge >= 0.3 is 5.95 Å². The number of ether oxygens (including phenoxy) is 1. The first kappa shape index (κ1) is 26.1. The molecule has 0 saturated carbocycles. The van der Waals surface area contributed by atoms with E-state index >= 15 is 0 Å². The maximum absolute atomic E-state index is 14.0.